The van der Waals surface area contributed by atoms with Crippen LogP contribution in [0.15, 0.2) is 42.0 Å². The molecule has 0 unspecified atom stereocenters. The quantitative estimate of drug-likeness (QED) is 0.312. The summed E-state index contributed by atoms with van der Waals surface area (Å²) in [6, 6.07) is 12.6. The van der Waals surface area contributed by atoms with E-state index in [1.165, 1.54) is 40.6 Å². The molecule has 1 saturated heterocycles. The molecule has 1 aromatic heterocycles. The van der Waals surface area contributed by atoms with Gasteiger partial charge in [-0.3, -0.25) is 19.8 Å². The van der Waals surface area contributed by atoms with E-state index in [4.69, 9.17) is 0 Å². The zero-order chi connectivity index (χ0) is 26.6. The Balaban J connectivity index is 1.62. The largest absolute Gasteiger partial charge is 0.331 e. The molecular weight excluding hydrogens is 482 g/mol. The molecule has 6 rings (SSSR count). The molecule has 7 heteroatoms. The Bertz CT molecular complexity index is 1610. The molecule has 188 valence electrons. The fraction of sp³-hybridized carbons (Fsp3) is 0.300. The van der Waals surface area contributed by atoms with Crippen LogP contribution in [0, 0.1) is 13.8 Å². The van der Waals surface area contributed by atoms with Gasteiger partial charge in [0.15, 0.2) is 0 Å². The summed E-state index contributed by atoms with van der Waals surface area (Å²) >= 11 is 1.56. The van der Waals surface area contributed by atoms with Crippen LogP contribution < -0.4 is 10.2 Å². The van der Waals surface area contributed by atoms with Gasteiger partial charge in [0, 0.05) is 22.8 Å². The summed E-state index contributed by atoms with van der Waals surface area (Å²) in [4.78, 5) is 41.3. The van der Waals surface area contributed by atoms with E-state index in [0.717, 1.165) is 26.0 Å². The highest BCUT2D eigenvalue weighted by atomic mass is 32.1. The molecule has 1 N–H and O–H groups in total. The minimum Gasteiger partial charge on any atom is -0.301 e. The van der Waals surface area contributed by atoms with Gasteiger partial charge < -0.3 is 4.90 Å². The third-order valence-corrected chi connectivity index (χ3v) is 9.16. The molecule has 3 aliphatic heterocycles. The lowest BCUT2D eigenvalue weighted by atomic mass is 9.67. The Hall–Kier alpha value is -3.71. The number of thiophene rings is 1. The molecular formula is C30H29N3O3S. The van der Waals surface area contributed by atoms with Gasteiger partial charge in [-0.2, -0.15) is 0 Å². The number of nitrogens with zero attached hydrogens (tertiary/aromatic N) is 2. The van der Waals surface area contributed by atoms with Gasteiger partial charge in [-0.25, -0.2) is 4.79 Å². The summed E-state index contributed by atoms with van der Waals surface area (Å²) in [7, 11) is 1.37. The minimum absolute atomic E-state index is 0.0386. The van der Waals surface area contributed by atoms with Crippen LogP contribution in [-0.2, 0) is 20.4 Å². The zero-order valence-electron chi connectivity index (χ0n) is 22.1. The number of carbonyl (C=O) groups is 3. The predicted octanol–water partition coefficient (Wildman–Crippen LogP) is 6.20. The monoisotopic (exact) mass is 511 g/mol. The van der Waals surface area contributed by atoms with Crippen molar-refractivity contribution in [1.29, 1.82) is 0 Å². The first-order valence-corrected chi connectivity index (χ1v) is 13.2. The summed E-state index contributed by atoms with van der Waals surface area (Å²) in [5, 5.41) is 3.33. The molecule has 4 amide bonds. The van der Waals surface area contributed by atoms with Gasteiger partial charge in [-0.1, -0.05) is 63.1 Å². The van der Waals surface area contributed by atoms with Crippen molar-refractivity contribution >= 4 is 51.6 Å². The fourth-order valence-electron chi connectivity index (χ4n) is 5.91. The van der Waals surface area contributed by atoms with Crippen LogP contribution in [0.2, 0.25) is 0 Å². The lowest BCUT2D eigenvalue weighted by Crippen LogP contribution is -2.52. The van der Waals surface area contributed by atoms with Crippen molar-refractivity contribution in [3.8, 4) is 0 Å². The van der Waals surface area contributed by atoms with Crippen LogP contribution in [0.4, 0.5) is 21.2 Å². The Morgan fingerprint density at radius 1 is 0.838 bits per heavy atom. The number of fused-ring (bicyclic) bond motifs is 4. The number of benzene rings is 2. The van der Waals surface area contributed by atoms with Gasteiger partial charge in [-0.15, -0.1) is 11.3 Å². The molecule has 0 atom stereocenters. The highest BCUT2D eigenvalue weighted by Gasteiger charge is 2.46. The van der Waals surface area contributed by atoms with Gasteiger partial charge in [0.25, 0.3) is 11.8 Å². The highest BCUT2D eigenvalue weighted by Crippen LogP contribution is 2.62. The lowest BCUT2D eigenvalue weighted by Gasteiger charge is -2.48. The number of imide groups is 2. The number of rotatable bonds is 1. The van der Waals surface area contributed by atoms with Crippen LogP contribution in [0.5, 0.6) is 0 Å². The third kappa shape index (κ3) is 3.13. The van der Waals surface area contributed by atoms with E-state index < -0.39 is 17.8 Å². The van der Waals surface area contributed by atoms with Crippen LogP contribution >= 0.6 is 11.3 Å². The number of barbiturate groups is 1. The van der Waals surface area contributed by atoms with Crippen molar-refractivity contribution in [2.24, 2.45) is 0 Å². The van der Waals surface area contributed by atoms with E-state index in [-0.39, 0.29) is 16.4 Å². The van der Waals surface area contributed by atoms with E-state index in [0.29, 0.717) is 0 Å². The number of amides is 4. The maximum Gasteiger partial charge on any atom is 0.331 e. The van der Waals surface area contributed by atoms with Gasteiger partial charge in [0.2, 0.25) is 0 Å². The van der Waals surface area contributed by atoms with Crippen molar-refractivity contribution in [3.05, 3.63) is 80.2 Å². The number of carbonyl (C=O) groups excluding carboxylic acids is 3. The molecule has 0 radical (unpaired) electrons. The fourth-order valence-corrected chi connectivity index (χ4v) is 7.19. The standard InChI is InChI=1S/C30H29N3O3S/c1-15-8-9-23-19(10-15)29(3,4)20-11-16(2)12-21-24(20)33(23)27-22(30(21,5)6)14-17(37-27)13-18-25(34)31-28(36)32(7)26(18)35/h8-14H,1-7H3,(H,31,34,36)/b18-13+. The second kappa shape index (κ2) is 7.42. The molecule has 0 saturated carbocycles. The molecule has 1 fully saturated rings. The van der Waals surface area contributed by atoms with E-state index in [1.807, 2.05) is 0 Å². The van der Waals surface area contributed by atoms with Gasteiger partial charge in [0.1, 0.15) is 10.6 Å². The summed E-state index contributed by atoms with van der Waals surface area (Å²) in [5.41, 5.74) is 9.31. The number of urea groups is 1. The molecule has 37 heavy (non-hydrogen) atoms. The van der Waals surface area contributed by atoms with E-state index in [9.17, 15) is 14.4 Å². The smallest absolute Gasteiger partial charge is 0.301 e. The molecule has 2 aromatic carbocycles. The van der Waals surface area contributed by atoms with Crippen molar-refractivity contribution in [2.75, 3.05) is 11.9 Å². The van der Waals surface area contributed by atoms with Gasteiger partial charge in [-0.05, 0) is 54.3 Å². The number of hydrogen-bond acceptors (Lipinski definition) is 5. The summed E-state index contributed by atoms with van der Waals surface area (Å²) in [5.74, 6) is -1.26. The molecule has 3 aromatic rings. The van der Waals surface area contributed by atoms with Crippen LogP contribution in [-0.4, -0.2) is 29.8 Å². The Morgan fingerprint density at radius 2 is 1.46 bits per heavy atom. The van der Waals surface area contributed by atoms with E-state index in [2.05, 4.69) is 88.2 Å². The molecule has 0 spiro atoms. The molecule has 0 aliphatic carbocycles. The number of hydrogen-bond donors (Lipinski definition) is 1. The summed E-state index contributed by atoms with van der Waals surface area (Å²) in [6.07, 6.45) is 1.61. The normalized spacial score (nSPS) is 20.0. The summed E-state index contributed by atoms with van der Waals surface area (Å²) in [6.45, 7) is 13.4. The van der Waals surface area contributed by atoms with Crippen LogP contribution in [0.1, 0.15) is 66.0 Å². The average Bonchev–Trinajstić information content (AvgIpc) is 3.25. The molecule has 3 aliphatic rings. The molecule has 4 heterocycles. The van der Waals surface area contributed by atoms with E-state index in [1.54, 1.807) is 17.4 Å². The Morgan fingerprint density at radius 3 is 2.14 bits per heavy atom. The molecule has 0 bridgehead atoms. The van der Waals surface area contributed by atoms with Crippen LogP contribution in [0.25, 0.3) is 6.08 Å². The van der Waals surface area contributed by atoms with Crippen LogP contribution in [0.3, 0.4) is 0 Å². The van der Waals surface area contributed by atoms with Gasteiger partial charge >= 0.3 is 6.03 Å². The van der Waals surface area contributed by atoms with Crippen molar-refractivity contribution in [3.63, 3.8) is 0 Å². The Labute approximate surface area is 220 Å². The predicted molar refractivity (Wildman–Crippen MR) is 147 cm³/mol. The molecule has 6 nitrogen and oxygen atoms in total. The minimum atomic E-state index is -0.708. The maximum atomic E-state index is 12.7. The second-order valence-electron chi connectivity index (χ2n) is 11.4. The number of anilines is 3. The second-order valence-corrected chi connectivity index (χ2v) is 12.4. The zero-order valence-corrected chi connectivity index (χ0v) is 22.9. The number of likely N-dealkylation sites (N-methyl/N-ethyl adjacent to an activating group) is 1. The first-order valence-electron chi connectivity index (χ1n) is 12.4. The SMILES string of the molecule is Cc1ccc2c(c1)C(C)(C)c1cc(C)cc3c1N2c1sc(/C=C2\C(=O)NC(=O)N(C)C2=O)cc1C3(C)C. The first kappa shape index (κ1) is 23.7. The summed E-state index contributed by atoms with van der Waals surface area (Å²) < 4.78 is 0. The maximum absolute atomic E-state index is 12.7. The average molecular weight is 512 g/mol. The van der Waals surface area contributed by atoms with Crippen molar-refractivity contribution in [1.82, 2.24) is 10.2 Å². The topological polar surface area (TPSA) is 69.7 Å². The highest BCUT2D eigenvalue weighted by molar-refractivity contribution is 7.17. The van der Waals surface area contributed by atoms with E-state index >= 15 is 0 Å². The van der Waals surface area contributed by atoms with Crippen molar-refractivity contribution in [2.45, 2.75) is 52.4 Å². The lowest BCUT2D eigenvalue weighted by molar-refractivity contribution is -0.129. The number of aryl methyl sites for hydroxylation is 2. The Kier molecular flexibility index (Phi) is 4.75. The third-order valence-electron chi connectivity index (χ3n) is 8.09. The van der Waals surface area contributed by atoms with Gasteiger partial charge in [0.05, 0.1) is 11.4 Å². The first-order chi connectivity index (χ1) is 17.3. The van der Waals surface area contributed by atoms with Crippen molar-refractivity contribution < 1.29 is 14.4 Å². The number of nitrogens with one attached hydrogen (secondary N) is 1.